The molecule has 3 aromatic rings. The summed E-state index contributed by atoms with van der Waals surface area (Å²) in [6.45, 7) is 12.4. The molecule has 10 heteroatoms. The minimum atomic E-state index is -0.772. The lowest BCUT2D eigenvalue weighted by Gasteiger charge is -2.25. The Bertz CT molecular complexity index is 1650. The van der Waals surface area contributed by atoms with Gasteiger partial charge in [-0.15, -0.1) is 0 Å². The first kappa shape index (κ1) is 29.7. The maximum absolute atomic E-state index is 14.0. The lowest BCUT2D eigenvalue weighted by Crippen LogP contribution is -2.40. The molecular formula is C31H34N2O7S. The molecule has 1 aliphatic rings. The lowest BCUT2D eigenvalue weighted by atomic mass is 9.95. The first-order valence-corrected chi connectivity index (χ1v) is 14.2. The van der Waals surface area contributed by atoms with Crippen molar-refractivity contribution in [2.24, 2.45) is 4.99 Å². The van der Waals surface area contributed by atoms with Crippen molar-refractivity contribution in [3.63, 3.8) is 0 Å². The van der Waals surface area contributed by atoms with Gasteiger partial charge >= 0.3 is 5.97 Å². The third-order valence-electron chi connectivity index (χ3n) is 6.24. The van der Waals surface area contributed by atoms with Gasteiger partial charge in [-0.2, -0.15) is 0 Å². The van der Waals surface area contributed by atoms with Gasteiger partial charge < -0.3 is 23.7 Å². The Morgan fingerprint density at radius 2 is 1.71 bits per heavy atom. The number of thiazole rings is 1. The third-order valence-corrected chi connectivity index (χ3v) is 7.23. The highest BCUT2D eigenvalue weighted by Crippen LogP contribution is 2.36. The van der Waals surface area contributed by atoms with Crippen molar-refractivity contribution in [3.8, 4) is 23.0 Å². The van der Waals surface area contributed by atoms with Crippen molar-refractivity contribution < 1.29 is 28.5 Å². The van der Waals surface area contributed by atoms with Crippen molar-refractivity contribution in [2.75, 3.05) is 33.5 Å². The van der Waals surface area contributed by atoms with Crippen molar-refractivity contribution in [2.45, 2.75) is 33.7 Å². The molecule has 0 amide bonds. The molecule has 1 aliphatic heterocycles. The van der Waals surface area contributed by atoms with Crippen molar-refractivity contribution >= 4 is 23.4 Å². The van der Waals surface area contributed by atoms with Gasteiger partial charge in [-0.05, 0) is 69.2 Å². The second-order valence-electron chi connectivity index (χ2n) is 8.88. The number of carbonyl (C=O) groups is 1. The molecule has 2 aromatic carbocycles. The monoisotopic (exact) mass is 578 g/mol. The SMILES string of the molecule is C=CCOc1ccc(/C=c2\sc3n(c2=O)C(c2ccc(OCC)c(OCC)c2)C(C(=O)OCC)=C(C)N=3)cc1OC. The zero-order valence-corrected chi connectivity index (χ0v) is 24.7. The van der Waals surface area contributed by atoms with Crippen LogP contribution >= 0.6 is 11.3 Å². The molecule has 216 valence electrons. The standard InChI is InChI=1S/C31H34N2O7S/c1-7-15-40-22-13-11-20(16-24(22)36-6)17-26-29(34)33-28(21-12-14-23(37-8-2)25(18-21)38-9-3)27(30(35)39-10-4)19(5)32-31(33)41-26/h7,11-14,16-18,28H,1,8-10,15H2,2-6H3/b26-17-. The van der Waals surface area contributed by atoms with Crippen LogP contribution in [0.3, 0.4) is 0 Å². The first-order chi connectivity index (χ1) is 19.9. The van der Waals surface area contributed by atoms with Gasteiger partial charge in [0.2, 0.25) is 0 Å². The van der Waals surface area contributed by atoms with Gasteiger partial charge in [-0.1, -0.05) is 36.1 Å². The van der Waals surface area contributed by atoms with Gasteiger partial charge in [0.25, 0.3) is 5.56 Å². The summed E-state index contributed by atoms with van der Waals surface area (Å²) < 4.78 is 30.1. The summed E-state index contributed by atoms with van der Waals surface area (Å²) in [7, 11) is 1.56. The molecule has 41 heavy (non-hydrogen) atoms. The van der Waals surface area contributed by atoms with E-state index >= 15 is 0 Å². The number of hydrogen-bond donors (Lipinski definition) is 0. The van der Waals surface area contributed by atoms with Crippen LogP contribution in [0.2, 0.25) is 0 Å². The molecule has 1 atom stereocenters. The highest BCUT2D eigenvalue weighted by molar-refractivity contribution is 7.07. The lowest BCUT2D eigenvalue weighted by molar-refractivity contribution is -0.139. The Morgan fingerprint density at radius 1 is 1.00 bits per heavy atom. The minimum Gasteiger partial charge on any atom is -0.493 e. The van der Waals surface area contributed by atoms with E-state index in [0.717, 1.165) is 5.56 Å². The van der Waals surface area contributed by atoms with Crippen LogP contribution in [-0.4, -0.2) is 44.1 Å². The molecule has 2 heterocycles. The zero-order chi connectivity index (χ0) is 29.5. The summed E-state index contributed by atoms with van der Waals surface area (Å²) in [6, 6.07) is 10.1. The average molecular weight is 579 g/mol. The Balaban J connectivity index is 1.90. The average Bonchev–Trinajstić information content (AvgIpc) is 3.26. The molecule has 0 N–H and O–H groups in total. The number of nitrogens with zero attached hydrogens (tertiary/aromatic N) is 2. The maximum Gasteiger partial charge on any atom is 0.338 e. The first-order valence-electron chi connectivity index (χ1n) is 13.4. The summed E-state index contributed by atoms with van der Waals surface area (Å²) in [5.41, 5.74) is 1.91. The van der Waals surface area contributed by atoms with E-state index in [2.05, 4.69) is 11.6 Å². The highest BCUT2D eigenvalue weighted by atomic mass is 32.1. The van der Waals surface area contributed by atoms with E-state index in [1.54, 1.807) is 61.9 Å². The number of methoxy groups -OCH3 is 1. The Hall–Kier alpha value is -4.31. The molecule has 0 fully saturated rings. The molecule has 0 radical (unpaired) electrons. The Morgan fingerprint density at radius 3 is 2.39 bits per heavy atom. The fourth-order valence-electron chi connectivity index (χ4n) is 4.54. The van der Waals surface area contributed by atoms with Crippen LogP contribution in [0, 0.1) is 0 Å². The molecule has 9 nitrogen and oxygen atoms in total. The van der Waals surface area contributed by atoms with Crippen molar-refractivity contribution in [1.82, 2.24) is 4.57 Å². The largest absolute Gasteiger partial charge is 0.493 e. The Kier molecular flexibility index (Phi) is 9.67. The quantitative estimate of drug-likeness (QED) is 0.235. The number of esters is 1. The summed E-state index contributed by atoms with van der Waals surface area (Å²) in [5, 5.41) is 0. The van der Waals surface area contributed by atoms with E-state index in [-0.39, 0.29) is 12.2 Å². The number of carbonyl (C=O) groups excluding carboxylic acids is 1. The Labute approximate surface area is 242 Å². The summed E-state index contributed by atoms with van der Waals surface area (Å²) >= 11 is 1.24. The predicted molar refractivity (Wildman–Crippen MR) is 158 cm³/mol. The molecule has 4 rings (SSSR count). The van der Waals surface area contributed by atoms with Crippen molar-refractivity contribution in [1.29, 1.82) is 0 Å². The number of rotatable bonds is 12. The zero-order valence-electron chi connectivity index (χ0n) is 23.9. The number of benzene rings is 2. The van der Waals surface area contributed by atoms with E-state index in [1.165, 1.54) is 11.3 Å². The van der Waals surface area contributed by atoms with E-state index < -0.39 is 12.0 Å². The van der Waals surface area contributed by atoms with E-state index in [9.17, 15) is 9.59 Å². The van der Waals surface area contributed by atoms with Crippen LogP contribution in [0.5, 0.6) is 23.0 Å². The highest BCUT2D eigenvalue weighted by Gasteiger charge is 2.34. The molecule has 0 spiro atoms. The number of ether oxygens (including phenoxy) is 5. The van der Waals surface area contributed by atoms with Gasteiger partial charge in [0, 0.05) is 0 Å². The second-order valence-corrected chi connectivity index (χ2v) is 9.89. The fourth-order valence-corrected chi connectivity index (χ4v) is 5.58. The topological polar surface area (TPSA) is 97.6 Å². The number of hydrogen-bond acceptors (Lipinski definition) is 9. The summed E-state index contributed by atoms with van der Waals surface area (Å²) in [4.78, 5) is 32.3. The minimum absolute atomic E-state index is 0.189. The smallest absolute Gasteiger partial charge is 0.338 e. The maximum atomic E-state index is 14.0. The van der Waals surface area contributed by atoms with E-state index in [0.29, 0.717) is 69.0 Å². The van der Waals surface area contributed by atoms with Crippen LogP contribution in [0.15, 0.2) is 70.1 Å². The predicted octanol–water partition coefficient (Wildman–Crippen LogP) is 4.17. The van der Waals surface area contributed by atoms with Gasteiger partial charge in [-0.25, -0.2) is 9.79 Å². The molecule has 0 saturated heterocycles. The van der Waals surface area contributed by atoms with Gasteiger partial charge in [0.1, 0.15) is 6.61 Å². The van der Waals surface area contributed by atoms with Crippen LogP contribution in [0.25, 0.3) is 6.08 Å². The second kappa shape index (κ2) is 13.4. The summed E-state index contributed by atoms with van der Waals surface area (Å²) in [6.07, 6.45) is 3.42. The number of aromatic nitrogens is 1. The third kappa shape index (κ3) is 6.22. The molecule has 1 aromatic heterocycles. The molecule has 0 aliphatic carbocycles. The molecular weight excluding hydrogens is 544 g/mol. The van der Waals surface area contributed by atoms with Crippen molar-refractivity contribution in [3.05, 3.63) is 91.1 Å². The van der Waals surface area contributed by atoms with E-state index in [1.807, 2.05) is 26.0 Å². The molecule has 0 bridgehead atoms. The van der Waals surface area contributed by atoms with Crippen LogP contribution in [0.4, 0.5) is 0 Å². The summed E-state index contributed by atoms with van der Waals surface area (Å²) in [5.74, 6) is 1.68. The van der Waals surface area contributed by atoms with Crippen LogP contribution in [0.1, 0.15) is 44.9 Å². The molecule has 1 unspecified atom stereocenters. The van der Waals surface area contributed by atoms with Gasteiger partial charge in [0.05, 0.1) is 48.8 Å². The van der Waals surface area contributed by atoms with E-state index in [4.69, 9.17) is 23.7 Å². The molecule has 0 saturated carbocycles. The van der Waals surface area contributed by atoms with Crippen LogP contribution in [-0.2, 0) is 9.53 Å². The van der Waals surface area contributed by atoms with Gasteiger partial charge in [0.15, 0.2) is 27.8 Å². The van der Waals surface area contributed by atoms with Gasteiger partial charge in [-0.3, -0.25) is 9.36 Å². The normalized spacial score (nSPS) is 14.7. The number of allylic oxidation sites excluding steroid dienone is 1. The fraction of sp³-hybridized carbons (Fsp3) is 0.323. The number of fused-ring (bicyclic) bond motifs is 1. The van der Waals surface area contributed by atoms with Crippen LogP contribution < -0.4 is 33.8 Å².